The minimum absolute atomic E-state index is 0.100. The van der Waals surface area contributed by atoms with Crippen LogP contribution >= 0.6 is 0 Å². The van der Waals surface area contributed by atoms with Crippen molar-refractivity contribution < 1.29 is 8.78 Å². The van der Waals surface area contributed by atoms with Gasteiger partial charge in [0.05, 0.1) is 6.54 Å². The van der Waals surface area contributed by atoms with Gasteiger partial charge in [0, 0.05) is 72.2 Å². The van der Waals surface area contributed by atoms with Gasteiger partial charge in [0.15, 0.2) is 0 Å². The summed E-state index contributed by atoms with van der Waals surface area (Å²) in [5, 5.41) is 1.14. The number of nitrogens with zero attached hydrogens (tertiary/aromatic N) is 3. The lowest BCUT2D eigenvalue weighted by molar-refractivity contribution is 0.0131. The summed E-state index contributed by atoms with van der Waals surface area (Å²) < 4.78 is 27.3. The number of benzene rings is 1. The van der Waals surface area contributed by atoms with Crippen LogP contribution in [0, 0.1) is 12.8 Å². The van der Waals surface area contributed by atoms with Gasteiger partial charge in [-0.15, -0.1) is 12.8 Å². The summed E-state index contributed by atoms with van der Waals surface area (Å²) in [6, 6.07) is 14.4. The zero-order valence-corrected chi connectivity index (χ0v) is 22.6. The lowest BCUT2D eigenvalue weighted by Crippen LogP contribution is -2.26. The van der Waals surface area contributed by atoms with Crippen molar-refractivity contribution in [3.63, 3.8) is 0 Å². The molecule has 1 aliphatic heterocycles. The number of anilines is 1. The zero-order valence-electron chi connectivity index (χ0n) is 22.6. The van der Waals surface area contributed by atoms with Gasteiger partial charge in [-0.3, -0.25) is 9.88 Å². The van der Waals surface area contributed by atoms with E-state index in [1.807, 2.05) is 43.3 Å². The van der Waals surface area contributed by atoms with Crippen LogP contribution < -0.4 is 5.73 Å². The highest BCUT2D eigenvalue weighted by atomic mass is 19.3. The van der Waals surface area contributed by atoms with Crippen molar-refractivity contribution >= 4 is 22.3 Å². The van der Waals surface area contributed by atoms with E-state index in [1.54, 1.807) is 29.6 Å². The summed E-state index contributed by atoms with van der Waals surface area (Å²) in [5.74, 6) is -2.14. The Kier molecular flexibility index (Phi) is 8.93. The Morgan fingerprint density at radius 1 is 1.20 bits per heavy atom. The Hall–Kier alpha value is -4.54. The fourth-order valence-electron chi connectivity index (χ4n) is 5.02. The van der Waals surface area contributed by atoms with Gasteiger partial charge in [0.2, 0.25) is 0 Å². The fraction of sp³-hybridized carbons (Fsp3) is 0.212. The van der Waals surface area contributed by atoms with Gasteiger partial charge in [0.1, 0.15) is 5.82 Å². The maximum Gasteiger partial charge on any atom is 0.261 e. The number of pyridine rings is 2. The number of fused-ring (bicyclic) bond motifs is 1. The molecule has 1 saturated heterocycles. The highest BCUT2D eigenvalue weighted by Crippen LogP contribution is 2.31. The van der Waals surface area contributed by atoms with Crippen LogP contribution in [-0.2, 0) is 6.42 Å². The van der Waals surface area contributed by atoms with Gasteiger partial charge in [0.25, 0.3) is 5.92 Å². The second kappa shape index (κ2) is 12.5. The topological polar surface area (TPSA) is 70.8 Å². The van der Waals surface area contributed by atoms with E-state index in [0.717, 1.165) is 50.0 Å². The summed E-state index contributed by atoms with van der Waals surface area (Å²) in [6.07, 6.45) is 19.5. The number of nitrogens with two attached hydrogens (primary N) is 1. The van der Waals surface area contributed by atoms with E-state index in [-0.39, 0.29) is 13.0 Å². The quantitative estimate of drug-likeness (QED) is 0.189. The van der Waals surface area contributed by atoms with E-state index in [4.69, 9.17) is 5.73 Å². The van der Waals surface area contributed by atoms with Crippen molar-refractivity contribution in [1.29, 1.82) is 0 Å². The minimum Gasteiger partial charge on any atom is -0.383 e. The van der Waals surface area contributed by atoms with E-state index in [9.17, 15) is 8.78 Å². The molecular formula is C33H33F2N5. The Labute approximate surface area is 234 Å². The van der Waals surface area contributed by atoms with Gasteiger partial charge in [-0.05, 0) is 59.5 Å². The molecule has 5 rings (SSSR count). The van der Waals surface area contributed by atoms with Crippen molar-refractivity contribution in [3.8, 4) is 24.0 Å². The number of hydrogen-bond donors (Lipinski definition) is 2. The summed E-state index contributed by atoms with van der Waals surface area (Å²) in [7, 11) is 0. The van der Waals surface area contributed by atoms with Gasteiger partial charge in [-0.25, -0.2) is 13.8 Å². The third kappa shape index (κ3) is 6.53. The number of rotatable bonds is 8. The molecule has 7 heteroatoms. The van der Waals surface area contributed by atoms with Gasteiger partial charge in [-0.2, -0.15) is 0 Å². The average molecular weight is 538 g/mol. The molecule has 1 aromatic carbocycles. The predicted molar refractivity (Wildman–Crippen MR) is 161 cm³/mol. The maximum absolute atomic E-state index is 13.7. The van der Waals surface area contributed by atoms with Gasteiger partial charge in [-0.1, -0.05) is 36.9 Å². The molecule has 1 aliphatic rings. The Balaban J connectivity index is 0.00000181. The Morgan fingerprint density at radius 2 is 1.98 bits per heavy atom. The van der Waals surface area contributed by atoms with Crippen molar-refractivity contribution in [2.45, 2.75) is 25.7 Å². The van der Waals surface area contributed by atoms with E-state index in [1.165, 1.54) is 0 Å². The molecule has 0 unspecified atom stereocenters. The molecular weight excluding hydrogens is 504 g/mol. The number of alkyl halides is 2. The molecule has 1 fully saturated rings. The van der Waals surface area contributed by atoms with E-state index < -0.39 is 5.92 Å². The van der Waals surface area contributed by atoms with E-state index in [0.29, 0.717) is 25.3 Å². The van der Waals surface area contributed by atoms with Crippen LogP contribution in [-0.4, -0.2) is 45.4 Å². The minimum atomic E-state index is -2.62. The van der Waals surface area contributed by atoms with Crippen molar-refractivity contribution in [3.05, 3.63) is 108 Å². The number of H-pyrrole nitrogens is 1. The molecule has 3 aromatic heterocycles. The van der Waals surface area contributed by atoms with Crippen LogP contribution in [0.25, 0.3) is 27.6 Å². The molecule has 0 aliphatic carbocycles. The van der Waals surface area contributed by atoms with E-state index >= 15 is 0 Å². The first-order chi connectivity index (χ1) is 19.3. The number of nitrogen functional groups attached to an aromatic ring is 1. The number of terminal acetylenes is 1. The first-order valence-corrected chi connectivity index (χ1v) is 13.0. The van der Waals surface area contributed by atoms with Crippen LogP contribution in [0.15, 0.2) is 91.4 Å². The first-order valence-electron chi connectivity index (χ1n) is 13.0. The monoisotopic (exact) mass is 537 g/mol. The number of aromatic nitrogens is 3. The SMILES string of the molecule is C#C.C=C/C(=C\C(=C/C)c1cnc(N)c(Cc2cc3c(-c4ccncc4)cccc3[nH]2)c1)CN1CCC(F)(F)C1. The summed E-state index contributed by atoms with van der Waals surface area (Å²) in [5.41, 5.74) is 14.3. The summed E-state index contributed by atoms with van der Waals surface area (Å²) in [6.45, 7) is 6.45. The highest BCUT2D eigenvalue weighted by molar-refractivity contribution is 5.95. The molecule has 0 atom stereocenters. The normalized spacial score (nSPS) is 15.5. The predicted octanol–water partition coefficient (Wildman–Crippen LogP) is 6.90. The molecule has 3 N–H and O–H groups in total. The van der Waals surface area contributed by atoms with Crippen molar-refractivity contribution in [2.24, 2.45) is 0 Å². The molecule has 0 spiro atoms. The smallest absolute Gasteiger partial charge is 0.261 e. The Morgan fingerprint density at radius 3 is 2.65 bits per heavy atom. The van der Waals surface area contributed by atoms with Crippen LogP contribution in [0.5, 0.6) is 0 Å². The summed E-state index contributed by atoms with van der Waals surface area (Å²) >= 11 is 0. The average Bonchev–Trinajstić information content (AvgIpc) is 3.55. The lowest BCUT2D eigenvalue weighted by atomic mass is 10.00. The number of allylic oxidation sites excluding steroid dienone is 3. The maximum atomic E-state index is 13.7. The van der Waals surface area contributed by atoms with Gasteiger partial charge < -0.3 is 10.7 Å². The van der Waals surface area contributed by atoms with Crippen LogP contribution in [0.1, 0.15) is 30.2 Å². The number of nitrogens with one attached hydrogen (secondary N) is 1. The zero-order chi connectivity index (χ0) is 28.7. The standard InChI is InChI=1S/C31H31F2N5.C2H2/c1-3-21(19-38-13-10-31(32,33)20-38)14-22(4-2)25-15-24(30(34)36-18-25)16-26-17-28-27(6-5-7-29(28)37-26)23-8-11-35-12-9-23;1-2/h3-9,11-12,14-15,17-18,37H,1,10,13,16,19-20H2,2H3,(H2,34,36);1-2H/b21-14+,22-4+;. The molecule has 5 nitrogen and oxygen atoms in total. The second-order valence-electron chi connectivity index (χ2n) is 9.73. The lowest BCUT2D eigenvalue weighted by Gasteiger charge is -2.17. The Bertz CT molecular complexity index is 1560. The molecule has 0 radical (unpaired) electrons. The van der Waals surface area contributed by atoms with Crippen molar-refractivity contribution in [1.82, 2.24) is 19.9 Å². The third-order valence-corrected chi connectivity index (χ3v) is 7.00. The molecule has 0 saturated carbocycles. The van der Waals surface area contributed by atoms with E-state index in [2.05, 4.69) is 52.6 Å². The third-order valence-electron chi connectivity index (χ3n) is 7.00. The highest BCUT2D eigenvalue weighted by Gasteiger charge is 2.37. The number of halogens is 2. The molecule has 0 bridgehead atoms. The number of aromatic amines is 1. The number of likely N-dealkylation sites (tertiary alicyclic amines) is 1. The fourth-order valence-corrected chi connectivity index (χ4v) is 5.02. The first kappa shape index (κ1) is 28.5. The number of hydrogen-bond acceptors (Lipinski definition) is 4. The molecule has 4 aromatic rings. The largest absolute Gasteiger partial charge is 0.383 e. The molecule has 204 valence electrons. The molecule has 40 heavy (non-hydrogen) atoms. The van der Waals surface area contributed by atoms with Crippen LogP contribution in [0.3, 0.4) is 0 Å². The van der Waals surface area contributed by atoms with Crippen LogP contribution in [0.4, 0.5) is 14.6 Å². The van der Waals surface area contributed by atoms with Gasteiger partial charge >= 0.3 is 0 Å². The van der Waals surface area contributed by atoms with Crippen LogP contribution in [0.2, 0.25) is 0 Å². The molecule has 4 heterocycles. The second-order valence-corrected chi connectivity index (χ2v) is 9.73. The summed E-state index contributed by atoms with van der Waals surface area (Å²) in [4.78, 5) is 13.9. The van der Waals surface area contributed by atoms with Crippen molar-refractivity contribution in [2.75, 3.05) is 25.4 Å². The molecule has 0 amide bonds.